The molecule has 0 aliphatic rings. The van der Waals surface area contributed by atoms with Gasteiger partial charge in [0.05, 0.1) is 0 Å². The summed E-state index contributed by atoms with van der Waals surface area (Å²) in [5, 5.41) is 0. The number of hydrogen-bond acceptors (Lipinski definition) is 0. The Hall–Kier alpha value is 4.68. The molecule has 0 aliphatic heterocycles. The second kappa shape index (κ2) is 79.7. The maximum absolute atomic E-state index is 2.00. The van der Waals surface area contributed by atoms with Gasteiger partial charge in [0.1, 0.15) is 0 Å². The monoisotopic (exact) mass is 845 g/mol. The van der Waals surface area contributed by atoms with Gasteiger partial charge in [-0.3, -0.25) is 0 Å². The van der Waals surface area contributed by atoms with Gasteiger partial charge in [-0.05, 0) is 0 Å². The van der Waals surface area contributed by atoms with E-state index < -0.39 is 0 Å². The van der Waals surface area contributed by atoms with Crippen LogP contribution in [-0.2, 0) is 0 Å². The van der Waals surface area contributed by atoms with Gasteiger partial charge in [0, 0.05) is 0 Å². The van der Waals surface area contributed by atoms with Crippen molar-refractivity contribution in [2.24, 2.45) is 0 Å². The maximum atomic E-state index is 2.00. The average Bonchev–Trinajstić information content (AvgIpc) is 3.43. The molecule has 0 amide bonds. The van der Waals surface area contributed by atoms with Crippen LogP contribution in [0.2, 0.25) is 0 Å². The summed E-state index contributed by atoms with van der Waals surface area (Å²) >= 11 is 0. The van der Waals surface area contributed by atoms with Crippen molar-refractivity contribution in [2.75, 3.05) is 0 Å². The van der Waals surface area contributed by atoms with Gasteiger partial charge in [-0.1, -0.05) is 0 Å². The third kappa shape index (κ3) is 78.7. The third-order valence-electron chi connectivity index (χ3n) is 8.27. The zero-order chi connectivity index (χ0) is 54.3. The van der Waals surface area contributed by atoms with E-state index in [-0.39, 0.29) is 0 Å². The normalized spacial score (nSPS) is 7.96. The molecule has 76 heavy (non-hydrogen) atoms. The van der Waals surface area contributed by atoms with Crippen molar-refractivity contribution >= 4 is 502 Å². The fraction of sp³-hybridized carbons (Fsp3) is 0.500. The first-order chi connectivity index (χ1) is 37.9. The standard InChI is InChI=1S/C2H6B74/c1-2-4-6-8-10-12-14-16-18-20-22-24-26-28-30-32-34-36-38-40-42-44-46-48-50-52-54-56-58-60-62-64-66-68-70-72-74-76-75-73-71-69-67-65-63-61-59-57-55-53-51-49-47-45-43-41-39-37-35-33-31-29-27-25-23-21-19-17-15-13-11-9-7-5-3/h2H,3H2,1H3. The van der Waals surface area contributed by atoms with E-state index in [2.05, 4.69) is 0 Å². The minimum absolute atomic E-state index is 2.00. The van der Waals surface area contributed by atoms with Crippen LogP contribution in [0.3, 0.4) is 0 Å². The molecule has 74 heteroatoms. The van der Waals surface area contributed by atoms with Crippen LogP contribution in [0.1, 0.15) is 6.92 Å². The van der Waals surface area contributed by atoms with Crippen molar-refractivity contribution in [3.05, 3.63) is 0 Å². The molecule has 0 atom stereocenters. The van der Waals surface area contributed by atoms with E-state index in [1.807, 2.05) is 509 Å². The summed E-state index contributed by atoms with van der Waals surface area (Å²) in [6, 6.07) is 0. The molecule has 0 bridgehead atoms. The van der Waals surface area contributed by atoms with E-state index in [0.717, 1.165) is 0 Å². The summed E-state index contributed by atoms with van der Waals surface area (Å²) in [5.41, 5.74) is 0. The molecule has 0 radical (unpaired) electrons. The first-order valence-corrected chi connectivity index (χ1v) is 25.5. The second-order valence-electron chi connectivity index (χ2n) is 14.5. The molecule has 236 valence electrons. The van der Waals surface area contributed by atoms with Gasteiger partial charge < -0.3 is 0 Å². The van der Waals surface area contributed by atoms with E-state index >= 15 is 0 Å². The predicted molar refractivity (Wildman–Crippen MR) is 440 cm³/mol. The quantitative estimate of drug-likeness (QED) is 0.0552. The van der Waals surface area contributed by atoms with Crippen molar-refractivity contribution in [1.82, 2.24) is 0 Å². The molecule has 0 unspecified atom stereocenters. The van der Waals surface area contributed by atoms with Gasteiger partial charge in [0.25, 0.3) is 0 Å². The summed E-state index contributed by atoms with van der Waals surface area (Å²) in [7, 11) is 2.00. The van der Waals surface area contributed by atoms with Gasteiger partial charge in [-0.15, -0.1) is 0 Å². The average molecular weight is 830 g/mol. The topological polar surface area (TPSA) is 0 Å². The fourth-order valence-corrected chi connectivity index (χ4v) is 4.71. The Morgan fingerprint density at radius 1 is 0.132 bits per heavy atom. The van der Waals surface area contributed by atoms with Crippen LogP contribution >= 0.6 is 0 Å². The predicted octanol–water partition coefficient (Wildman–Crippen LogP) is -28.4. The van der Waals surface area contributed by atoms with Crippen LogP contribution in [-0.4, -0.2) is 502 Å². The van der Waals surface area contributed by atoms with Crippen LogP contribution in [0.25, 0.3) is 0 Å². The first-order valence-electron chi connectivity index (χ1n) is 25.5. The number of rotatable bonds is 36. The summed E-state index contributed by atoms with van der Waals surface area (Å²) in [6.07, 6.45) is 0. The Kier molecular flexibility index (Phi) is 84.6. The molecule has 0 nitrogen and oxygen atoms in total. The van der Waals surface area contributed by atoms with Crippen LogP contribution in [0.5, 0.6) is 0 Å². The molecule has 0 fully saturated rings. The Morgan fingerprint density at radius 3 is 0.289 bits per heavy atom. The molecule has 0 aromatic carbocycles. The Morgan fingerprint density at radius 2 is 0.211 bits per heavy atom. The second-order valence-corrected chi connectivity index (χ2v) is 14.5. The van der Waals surface area contributed by atoms with Gasteiger partial charge in [0.15, 0.2) is 0 Å². The zero-order valence-corrected chi connectivity index (χ0v) is 44.7. The van der Waals surface area contributed by atoms with Gasteiger partial charge in [0.2, 0.25) is 0 Å². The van der Waals surface area contributed by atoms with Crippen molar-refractivity contribution in [3.63, 3.8) is 0 Å². The molecule has 0 aromatic rings. The molecule has 0 aromatic heterocycles. The van der Waals surface area contributed by atoms with Crippen LogP contribution in [0.4, 0.5) is 0 Å². The molecule has 0 aliphatic carbocycles. The summed E-state index contributed by atoms with van der Waals surface area (Å²) in [5.74, 6) is 2.00. The summed E-state index contributed by atoms with van der Waals surface area (Å²) in [4.78, 5) is 0. The summed E-state index contributed by atoms with van der Waals surface area (Å²) in [6.45, 7) is 148. The Labute approximate surface area is 504 Å². The third-order valence-corrected chi connectivity index (χ3v) is 8.27. The van der Waals surface area contributed by atoms with Crippen LogP contribution in [0.15, 0.2) is 0 Å². The van der Waals surface area contributed by atoms with Crippen molar-refractivity contribution in [2.45, 2.75) is 6.92 Å². The first kappa shape index (κ1) is 80.7. The van der Waals surface area contributed by atoms with Crippen molar-refractivity contribution in [1.29, 1.82) is 0 Å². The van der Waals surface area contributed by atoms with Crippen molar-refractivity contribution in [3.8, 4) is 0 Å². The van der Waals surface area contributed by atoms with Gasteiger partial charge in [-0.2, -0.15) is 0 Å². The molecule has 0 spiro atoms. The SMILES string of the molecule is BB=BB=BB=BB=BB=BB=BB=BB=BB=BB=BB=BB=BB=BB=BB=BB=BB=BB=BB=BB=BB=BB=BB=BB=BB=BB=BB=BB=BB=BB=BB=BB=BB=BB=BB=BB=BB=CC. The number of hydrogen-bond donors (Lipinski definition) is 0. The van der Waals surface area contributed by atoms with Gasteiger partial charge in [-0.25, -0.2) is 0 Å². The molecular weight excluding hydrogens is 824 g/mol. The van der Waals surface area contributed by atoms with E-state index in [4.69, 9.17) is 0 Å². The molecule has 0 heterocycles. The molecule has 0 saturated carbocycles. The Bertz CT molecular complexity index is 2470. The molecule has 0 N–H and O–H groups in total. The molecule has 0 rings (SSSR count). The molecule has 0 saturated heterocycles. The van der Waals surface area contributed by atoms with Crippen molar-refractivity contribution < 1.29 is 0 Å². The van der Waals surface area contributed by atoms with E-state index in [9.17, 15) is 0 Å². The van der Waals surface area contributed by atoms with Gasteiger partial charge >= 0.3 is 509 Å². The van der Waals surface area contributed by atoms with Crippen LogP contribution in [0, 0.1) is 0 Å². The summed E-state index contributed by atoms with van der Waals surface area (Å²) < 4.78 is 0. The molecular formula is C2H6B74. The van der Waals surface area contributed by atoms with E-state index in [1.54, 1.807) is 0 Å². The zero-order valence-electron chi connectivity index (χ0n) is 44.7. The Balaban J connectivity index is 4.10. The van der Waals surface area contributed by atoms with E-state index in [1.165, 1.54) is 0 Å². The van der Waals surface area contributed by atoms with Crippen LogP contribution < -0.4 is 0 Å². The van der Waals surface area contributed by atoms with E-state index in [0.29, 0.717) is 0 Å². The minimum atomic E-state index is 2.00. The fourth-order valence-electron chi connectivity index (χ4n) is 4.71.